The minimum Gasteiger partial charge on any atom is -0.460 e. The Morgan fingerprint density at radius 2 is 0.964 bits per heavy atom. The molecule has 5 N–H and O–H groups in total. The lowest BCUT2D eigenvalue weighted by molar-refractivity contribution is -0.384. The second-order valence-corrected chi connectivity index (χ2v) is 15.6. The molecule has 0 amide bonds. The standard InChI is InChI=1S/C42H76O14/c1-4-7-10-13-16-19-22-25-33(45)51-30-42(56-41-38(50)37(49)36(48)31(28-43)52-41)40(54-35(47)27-24-21-18-15-12-9-6-3)39(32(29-44)55-42)53-34(46)26-23-20-17-14-11-8-5-2/h31-32,36-41,43-44,48-50H,4-30H2,1-3H3/t31-,32-,36-,37+,38-,39-,40+,41-,42+/m1/s1. The molecule has 2 saturated heterocycles. The predicted octanol–water partition coefficient (Wildman–Crippen LogP) is 5.68. The van der Waals surface area contributed by atoms with Crippen LogP contribution in [0.25, 0.3) is 0 Å². The van der Waals surface area contributed by atoms with Gasteiger partial charge in [-0.1, -0.05) is 136 Å². The van der Waals surface area contributed by atoms with E-state index in [0.29, 0.717) is 19.3 Å². The first kappa shape index (κ1) is 50.2. The number of unbranched alkanes of at least 4 members (excludes halogenated alkanes) is 18. The molecule has 56 heavy (non-hydrogen) atoms. The van der Waals surface area contributed by atoms with Gasteiger partial charge in [-0.2, -0.15) is 0 Å². The van der Waals surface area contributed by atoms with E-state index in [0.717, 1.165) is 116 Å². The van der Waals surface area contributed by atoms with Crippen molar-refractivity contribution in [3.8, 4) is 0 Å². The summed E-state index contributed by atoms with van der Waals surface area (Å²) in [5, 5.41) is 52.3. The summed E-state index contributed by atoms with van der Waals surface area (Å²) in [6.07, 6.45) is 7.61. The van der Waals surface area contributed by atoms with Gasteiger partial charge in [-0.25, -0.2) is 0 Å². The van der Waals surface area contributed by atoms with Crippen LogP contribution in [0, 0.1) is 0 Å². The van der Waals surface area contributed by atoms with Crippen LogP contribution in [0.5, 0.6) is 0 Å². The van der Waals surface area contributed by atoms with Gasteiger partial charge in [0, 0.05) is 19.3 Å². The second kappa shape index (κ2) is 29.3. The molecule has 0 aliphatic carbocycles. The topological polar surface area (TPSA) is 208 Å². The van der Waals surface area contributed by atoms with Crippen molar-refractivity contribution in [3.05, 3.63) is 0 Å². The molecule has 2 rings (SSSR count). The number of aliphatic hydroxyl groups excluding tert-OH is 5. The average Bonchev–Trinajstić information content (AvgIpc) is 3.46. The van der Waals surface area contributed by atoms with Crippen molar-refractivity contribution in [1.29, 1.82) is 0 Å². The van der Waals surface area contributed by atoms with E-state index in [2.05, 4.69) is 20.8 Å². The largest absolute Gasteiger partial charge is 0.460 e. The Hall–Kier alpha value is -1.91. The Balaban J connectivity index is 2.34. The molecule has 2 aliphatic heterocycles. The monoisotopic (exact) mass is 805 g/mol. The summed E-state index contributed by atoms with van der Waals surface area (Å²) in [5.74, 6) is -4.20. The van der Waals surface area contributed by atoms with Crippen LogP contribution in [0.2, 0.25) is 0 Å². The highest BCUT2D eigenvalue weighted by Crippen LogP contribution is 2.40. The molecule has 0 aromatic carbocycles. The maximum Gasteiger partial charge on any atom is 0.306 e. The molecular weight excluding hydrogens is 728 g/mol. The maximum absolute atomic E-state index is 13.5. The number of ether oxygens (including phenoxy) is 6. The molecular formula is C42H76O14. The summed E-state index contributed by atoms with van der Waals surface area (Å²) in [4.78, 5) is 39.9. The number of aliphatic hydroxyl groups is 5. The quantitative estimate of drug-likeness (QED) is 0.0315. The third-order valence-corrected chi connectivity index (χ3v) is 10.7. The van der Waals surface area contributed by atoms with Gasteiger partial charge in [0.25, 0.3) is 0 Å². The minimum atomic E-state index is -2.31. The van der Waals surface area contributed by atoms with E-state index in [4.69, 9.17) is 28.4 Å². The lowest BCUT2D eigenvalue weighted by atomic mass is 9.98. The van der Waals surface area contributed by atoms with Crippen LogP contribution in [0.4, 0.5) is 0 Å². The van der Waals surface area contributed by atoms with E-state index in [1.807, 2.05) is 0 Å². The molecule has 0 bridgehead atoms. The number of hydrogen-bond donors (Lipinski definition) is 5. The van der Waals surface area contributed by atoms with E-state index >= 15 is 0 Å². The fraction of sp³-hybridized carbons (Fsp3) is 0.929. The molecule has 14 nitrogen and oxygen atoms in total. The van der Waals surface area contributed by atoms with Crippen molar-refractivity contribution in [1.82, 2.24) is 0 Å². The van der Waals surface area contributed by atoms with E-state index in [9.17, 15) is 39.9 Å². The van der Waals surface area contributed by atoms with Crippen LogP contribution in [0.3, 0.4) is 0 Å². The predicted molar refractivity (Wildman–Crippen MR) is 208 cm³/mol. The third-order valence-electron chi connectivity index (χ3n) is 10.7. The second-order valence-electron chi connectivity index (χ2n) is 15.6. The zero-order valence-corrected chi connectivity index (χ0v) is 34.6. The van der Waals surface area contributed by atoms with Crippen molar-refractivity contribution in [2.24, 2.45) is 0 Å². The van der Waals surface area contributed by atoms with Crippen LogP contribution in [-0.4, -0.2) is 118 Å². The van der Waals surface area contributed by atoms with Gasteiger partial charge in [0.15, 0.2) is 18.5 Å². The van der Waals surface area contributed by atoms with Crippen molar-refractivity contribution < 1.29 is 68.3 Å². The minimum absolute atomic E-state index is 0.0148. The first-order chi connectivity index (χ1) is 27.1. The van der Waals surface area contributed by atoms with Gasteiger partial charge < -0.3 is 54.0 Å². The van der Waals surface area contributed by atoms with Crippen LogP contribution in [-0.2, 0) is 42.8 Å². The normalized spacial score (nSPS) is 27.6. The Labute approximate surface area is 335 Å². The zero-order valence-electron chi connectivity index (χ0n) is 34.6. The first-order valence-electron chi connectivity index (χ1n) is 21.9. The highest BCUT2D eigenvalue weighted by molar-refractivity contribution is 5.71. The molecule has 2 fully saturated rings. The summed E-state index contributed by atoms with van der Waals surface area (Å²) in [6, 6.07) is 0. The number of carbonyl (C=O) groups is 3. The molecule has 0 unspecified atom stereocenters. The van der Waals surface area contributed by atoms with Crippen LogP contribution >= 0.6 is 0 Å². The maximum atomic E-state index is 13.5. The van der Waals surface area contributed by atoms with Crippen molar-refractivity contribution >= 4 is 17.9 Å². The molecule has 328 valence electrons. The van der Waals surface area contributed by atoms with E-state index in [1.165, 1.54) is 0 Å². The SMILES string of the molecule is CCCCCCCCCC(=O)OC[C@@]1(O[C@H]2O[C@H](CO)[C@@H](O)[C@H](O)[C@H]2O)O[C@H](CO)[C@@H](OC(=O)CCCCCCCCC)[C@@H]1OC(=O)CCCCCCCCC. The lowest BCUT2D eigenvalue weighted by Gasteiger charge is -2.43. The fourth-order valence-corrected chi connectivity index (χ4v) is 7.22. The van der Waals surface area contributed by atoms with Crippen molar-refractivity contribution in [2.45, 2.75) is 230 Å². The molecule has 0 radical (unpaired) electrons. The molecule has 2 aliphatic rings. The third kappa shape index (κ3) is 17.9. The average molecular weight is 805 g/mol. The smallest absolute Gasteiger partial charge is 0.306 e. The molecule has 2 heterocycles. The number of rotatable bonds is 32. The Morgan fingerprint density at radius 1 is 0.536 bits per heavy atom. The van der Waals surface area contributed by atoms with Gasteiger partial charge in [0.1, 0.15) is 37.1 Å². The molecule has 14 heteroatoms. The van der Waals surface area contributed by atoms with Gasteiger partial charge >= 0.3 is 17.9 Å². The molecule has 9 atom stereocenters. The van der Waals surface area contributed by atoms with Gasteiger partial charge in [0.05, 0.1) is 13.2 Å². The van der Waals surface area contributed by atoms with Gasteiger partial charge in [-0.05, 0) is 19.3 Å². The molecule has 0 spiro atoms. The Morgan fingerprint density at radius 3 is 1.43 bits per heavy atom. The van der Waals surface area contributed by atoms with Gasteiger partial charge in [-0.15, -0.1) is 0 Å². The van der Waals surface area contributed by atoms with E-state index in [-0.39, 0.29) is 19.3 Å². The highest BCUT2D eigenvalue weighted by Gasteiger charge is 2.63. The summed E-state index contributed by atoms with van der Waals surface area (Å²) in [5.41, 5.74) is 0. The number of hydrogen-bond acceptors (Lipinski definition) is 14. The summed E-state index contributed by atoms with van der Waals surface area (Å²) < 4.78 is 35.6. The highest BCUT2D eigenvalue weighted by atomic mass is 16.8. The molecule has 0 aromatic heterocycles. The Bertz CT molecular complexity index is 1060. The van der Waals surface area contributed by atoms with Crippen LogP contribution in [0.15, 0.2) is 0 Å². The number of carbonyl (C=O) groups excluding carboxylic acids is 3. The van der Waals surface area contributed by atoms with Gasteiger partial charge in [0.2, 0.25) is 5.79 Å². The van der Waals surface area contributed by atoms with Crippen LogP contribution < -0.4 is 0 Å². The summed E-state index contributed by atoms with van der Waals surface area (Å²) in [6.45, 7) is 4.24. The summed E-state index contributed by atoms with van der Waals surface area (Å²) in [7, 11) is 0. The number of esters is 3. The van der Waals surface area contributed by atoms with Gasteiger partial charge in [-0.3, -0.25) is 14.4 Å². The van der Waals surface area contributed by atoms with Crippen LogP contribution in [0.1, 0.15) is 175 Å². The fourth-order valence-electron chi connectivity index (χ4n) is 7.22. The molecule has 0 saturated carbocycles. The Kier molecular flexibility index (Phi) is 26.3. The van der Waals surface area contributed by atoms with Crippen molar-refractivity contribution in [2.75, 3.05) is 19.8 Å². The lowest BCUT2D eigenvalue weighted by Crippen LogP contribution is -2.63. The summed E-state index contributed by atoms with van der Waals surface area (Å²) >= 11 is 0. The first-order valence-corrected chi connectivity index (χ1v) is 21.9. The van der Waals surface area contributed by atoms with Crippen molar-refractivity contribution in [3.63, 3.8) is 0 Å². The zero-order chi connectivity index (χ0) is 41.2. The van der Waals surface area contributed by atoms with E-state index in [1.54, 1.807) is 0 Å². The molecule has 0 aromatic rings. The van der Waals surface area contributed by atoms with E-state index < -0.39 is 92.5 Å².